The average molecular weight is 336 g/mol. The van der Waals surface area contributed by atoms with E-state index in [0.29, 0.717) is 37.8 Å². The lowest BCUT2D eigenvalue weighted by Crippen LogP contribution is -2.37. The molecule has 0 fully saturated rings. The Hall–Kier alpha value is -1.92. The van der Waals surface area contributed by atoms with E-state index in [1.54, 1.807) is 12.1 Å². The molecule has 1 rings (SSSR count). The first kappa shape index (κ1) is 20.1. The summed E-state index contributed by atoms with van der Waals surface area (Å²) in [6.07, 6.45) is 0.121. The van der Waals surface area contributed by atoms with Crippen molar-refractivity contribution in [2.75, 3.05) is 25.1 Å². The lowest BCUT2D eigenvalue weighted by atomic mass is 10.0. The molecule has 0 radical (unpaired) electrons. The van der Waals surface area contributed by atoms with E-state index in [4.69, 9.17) is 9.47 Å². The number of carbonyl (C=O) groups is 2. The van der Waals surface area contributed by atoms with Crippen LogP contribution < -0.4 is 10.6 Å². The number of benzene rings is 1. The monoisotopic (exact) mass is 336 g/mol. The Balaban J connectivity index is 2.40. The molecule has 0 aromatic heterocycles. The molecule has 0 spiro atoms. The molecule has 1 aromatic rings. The Labute approximate surface area is 143 Å². The van der Waals surface area contributed by atoms with Crippen LogP contribution >= 0.6 is 0 Å². The summed E-state index contributed by atoms with van der Waals surface area (Å²) in [5.74, 6) is -0.937. The van der Waals surface area contributed by atoms with E-state index in [1.165, 1.54) is 5.56 Å². The largest absolute Gasteiger partial charge is 0.353 e. The van der Waals surface area contributed by atoms with Crippen LogP contribution in [0.2, 0.25) is 0 Å². The number of hydrogen-bond donors (Lipinski definition) is 2. The summed E-state index contributed by atoms with van der Waals surface area (Å²) in [6.45, 7) is 9.32. The average Bonchev–Trinajstić information content (AvgIpc) is 2.55. The molecule has 0 heterocycles. The molecule has 2 N–H and O–H groups in total. The van der Waals surface area contributed by atoms with Crippen LogP contribution in [0, 0.1) is 0 Å². The van der Waals surface area contributed by atoms with E-state index in [-0.39, 0.29) is 6.29 Å². The summed E-state index contributed by atoms with van der Waals surface area (Å²) in [5, 5.41) is 5.15. The topological polar surface area (TPSA) is 76.7 Å². The molecule has 0 aliphatic carbocycles. The van der Waals surface area contributed by atoms with Gasteiger partial charge in [-0.05, 0) is 37.5 Å². The van der Waals surface area contributed by atoms with Crippen LogP contribution in [0.4, 0.5) is 5.69 Å². The van der Waals surface area contributed by atoms with Crippen LogP contribution in [0.5, 0.6) is 0 Å². The van der Waals surface area contributed by atoms with Crippen LogP contribution in [-0.2, 0) is 19.1 Å². The summed E-state index contributed by atoms with van der Waals surface area (Å²) >= 11 is 0. The molecule has 0 saturated carbocycles. The van der Waals surface area contributed by atoms with E-state index in [0.717, 1.165) is 0 Å². The van der Waals surface area contributed by atoms with Crippen LogP contribution in [0.1, 0.15) is 45.6 Å². The fraction of sp³-hybridized carbons (Fsp3) is 0.556. The van der Waals surface area contributed by atoms with Gasteiger partial charge in [-0.1, -0.05) is 26.0 Å². The highest BCUT2D eigenvalue weighted by molar-refractivity contribution is 6.39. The van der Waals surface area contributed by atoms with Crippen molar-refractivity contribution >= 4 is 17.5 Å². The number of hydrogen-bond acceptors (Lipinski definition) is 4. The Morgan fingerprint density at radius 3 is 2.08 bits per heavy atom. The van der Waals surface area contributed by atoms with Crippen molar-refractivity contribution in [3.05, 3.63) is 29.8 Å². The zero-order valence-electron chi connectivity index (χ0n) is 14.9. The molecule has 2 amide bonds. The Kier molecular flexibility index (Phi) is 9.04. The minimum Gasteiger partial charge on any atom is -0.353 e. The Morgan fingerprint density at radius 1 is 1.00 bits per heavy atom. The highest BCUT2D eigenvalue weighted by atomic mass is 16.7. The van der Waals surface area contributed by atoms with E-state index in [1.807, 2.05) is 26.0 Å². The van der Waals surface area contributed by atoms with Gasteiger partial charge in [-0.15, -0.1) is 0 Å². The second-order valence-corrected chi connectivity index (χ2v) is 5.62. The van der Waals surface area contributed by atoms with Gasteiger partial charge in [0, 0.05) is 31.9 Å². The normalized spacial score (nSPS) is 10.9. The van der Waals surface area contributed by atoms with Gasteiger partial charge in [-0.2, -0.15) is 0 Å². The maximum Gasteiger partial charge on any atom is 0.313 e. The third kappa shape index (κ3) is 7.10. The Morgan fingerprint density at radius 2 is 1.58 bits per heavy atom. The third-order valence-electron chi connectivity index (χ3n) is 3.41. The molecule has 24 heavy (non-hydrogen) atoms. The van der Waals surface area contributed by atoms with Crippen molar-refractivity contribution in [2.24, 2.45) is 0 Å². The van der Waals surface area contributed by atoms with Gasteiger partial charge in [0.25, 0.3) is 0 Å². The van der Waals surface area contributed by atoms with Crippen LogP contribution in [0.25, 0.3) is 0 Å². The first-order valence-corrected chi connectivity index (χ1v) is 8.40. The van der Waals surface area contributed by atoms with Crippen LogP contribution in [0.3, 0.4) is 0 Å². The lowest BCUT2D eigenvalue weighted by Gasteiger charge is -2.16. The quantitative estimate of drug-likeness (QED) is 0.537. The number of ether oxygens (including phenoxy) is 2. The SMILES string of the molecule is CCOC(CCNC(=O)C(=O)Nc1ccc(C(C)C)cc1)OCC. The molecule has 1 aromatic carbocycles. The van der Waals surface area contributed by atoms with Gasteiger partial charge < -0.3 is 20.1 Å². The van der Waals surface area contributed by atoms with Gasteiger partial charge in [0.2, 0.25) is 0 Å². The maximum atomic E-state index is 11.9. The number of carbonyl (C=O) groups excluding carboxylic acids is 2. The van der Waals surface area contributed by atoms with Crippen molar-refractivity contribution in [3.63, 3.8) is 0 Å². The first-order chi connectivity index (χ1) is 11.5. The smallest absolute Gasteiger partial charge is 0.313 e. The molecular weight excluding hydrogens is 308 g/mol. The van der Waals surface area contributed by atoms with Crippen molar-refractivity contribution in [1.82, 2.24) is 5.32 Å². The van der Waals surface area contributed by atoms with Crippen LogP contribution in [-0.4, -0.2) is 37.9 Å². The standard InChI is InChI=1S/C18H28N2O4/c1-5-23-16(24-6-2)11-12-19-17(21)18(22)20-15-9-7-14(8-10-15)13(3)4/h7-10,13,16H,5-6,11-12H2,1-4H3,(H,19,21)(H,20,22). The van der Waals surface area contributed by atoms with Gasteiger partial charge >= 0.3 is 11.8 Å². The predicted molar refractivity (Wildman–Crippen MR) is 93.8 cm³/mol. The van der Waals surface area contributed by atoms with Crippen molar-refractivity contribution < 1.29 is 19.1 Å². The molecule has 134 valence electrons. The maximum absolute atomic E-state index is 11.9. The summed E-state index contributed by atoms with van der Waals surface area (Å²) in [4.78, 5) is 23.7. The number of rotatable bonds is 9. The second-order valence-electron chi connectivity index (χ2n) is 5.62. The van der Waals surface area contributed by atoms with E-state index in [9.17, 15) is 9.59 Å². The lowest BCUT2D eigenvalue weighted by molar-refractivity contribution is -0.142. The van der Waals surface area contributed by atoms with Gasteiger partial charge in [0.1, 0.15) is 0 Å². The van der Waals surface area contributed by atoms with Gasteiger partial charge in [0.15, 0.2) is 6.29 Å². The minimum absolute atomic E-state index is 0.309. The molecule has 0 unspecified atom stereocenters. The second kappa shape index (κ2) is 10.8. The van der Waals surface area contributed by atoms with Crippen molar-refractivity contribution in [2.45, 2.75) is 46.3 Å². The third-order valence-corrected chi connectivity index (χ3v) is 3.41. The summed E-state index contributed by atoms with van der Waals surface area (Å²) in [6, 6.07) is 7.46. The number of amides is 2. The van der Waals surface area contributed by atoms with Gasteiger partial charge in [0.05, 0.1) is 0 Å². The molecular formula is C18H28N2O4. The first-order valence-electron chi connectivity index (χ1n) is 8.40. The van der Waals surface area contributed by atoms with E-state index in [2.05, 4.69) is 24.5 Å². The van der Waals surface area contributed by atoms with E-state index < -0.39 is 11.8 Å². The zero-order valence-corrected chi connectivity index (χ0v) is 14.9. The highest BCUT2D eigenvalue weighted by Crippen LogP contribution is 2.16. The fourth-order valence-electron chi connectivity index (χ4n) is 2.11. The number of anilines is 1. The highest BCUT2D eigenvalue weighted by Gasteiger charge is 2.15. The fourth-order valence-corrected chi connectivity index (χ4v) is 2.11. The molecule has 0 aliphatic heterocycles. The molecule has 0 atom stereocenters. The minimum atomic E-state index is -0.684. The summed E-state index contributed by atoms with van der Waals surface area (Å²) < 4.78 is 10.8. The van der Waals surface area contributed by atoms with Crippen molar-refractivity contribution in [1.29, 1.82) is 0 Å². The Bertz CT molecular complexity index is 508. The van der Waals surface area contributed by atoms with Gasteiger partial charge in [-0.3, -0.25) is 9.59 Å². The molecule has 0 bridgehead atoms. The summed E-state index contributed by atoms with van der Waals surface area (Å²) in [5.41, 5.74) is 1.77. The van der Waals surface area contributed by atoms with E-state index >= 15 is 0 Å². The van der Waals surface area contributed by atoms with Crippen molar-refractivity contribution in [3.8, 4) is 0 Å². The molecule has 0 aliphatic rings. The number of nitrogens with one attached hydrogen (secondary N) is 2. The predicted octanol–water partition coefficient (Wildman–Crippen LogP) is 2.65. The molecule has 6 heteroatoms. The van der Waals surface area contributed by atoms with Gasteiger partial charge in [-0.25, -0.2) is 0 Å². The van der Waals surface area contributed by atoms with Crippen LogP contribution in [0.15, 0.2) is 24.3 Å². The molecule has 6 nitrogen and oxygen atoms in total. The zero-order chi connectivity index (χ0) is 17.9. The molecule has 0 saturated heterocycles. The summed E-state index contributed by atoms with van der Waals surface area (Å²) in [7, 11) is 0.